The van der Waals surface area contributed by atoms with Crippen molar-refractivity contribution in [3.63, 3.8) is 0 Å². The van der Waals surface area contributed by atoms with E-state index in [9.17, 15) is 10.1 Å². The fourth-order valence-corrected chi connectivity index (χ4v) is 3.17. The first-order valence-electron chi connectivity index (χ1n) is 6.13. The second kappa shape index (κ2) is 6.32. The number of nitrogens with zero attached hydrogens (tertiary/aromatic N) is 2. The van der Waals surface area contributed by atoms with E-state index < -0.39 is 0 Å². The van der Waals surface area contributed by atoms with Crippen LogP contribution in [0.4, 0.5) is 11.4 Å². The first-order chi connectivity index (χ1) is 9.51. The summed E-state index contributed by atoms with van der Waals surface area (Å²) in [6, 6.07) is 3.31. The Balaban J connectivity index is 2.16. The van der Waals surface area contributed by atoms with Gasteiger partial charge in [0.05, 0.1) is 22.2 Å². The van der Waals surface area contributed by atoms with Crippen LogP contribution in [0.25, 0.3) is 0 Å². The molecule has 1 N–H and O–H groups in total. The predicted octanol–water partition coefficient (Wildman–Crippen LogP) is 4.30. The van der Waals surface area contributed by atoms with Gasteiger partial charge in [0, 0.05) is 27.2 Å². The third-order valence-corrected chi connectivity index (χ3v) is 4.64. The van der Waals surface area contributed by atoms with Gasteiger partial charge in [-0.1, -0.05) is 6.92 Å². The molecular formula is C13H14BrN3O2S. The number of aromatic nitrogens is 1. The molecule has 2 aromatic rings. The lowest BCUT2D eigenvalue weighted by Crippen LogP contribution is -2.00. The van der Waals surface area contributed by atoms with E-state index in [-0.39, 0.29) is 10.6 Å². The molecule has 0 fully saturated rings. The molecule has 0 bridgehead atoms. The zero-order valence-electron chi connectivity index (χ0n) is 11.1. The minimum Gasteiger partial charge on any atom is -0.379 e. The summed E-state index contributed by atoms with van der Waals surface area (Å²) in [5.74, 6) is 0. The number of thiazole rings is 1. The van der Waals surface area contributed by atoms with Crippen LogP contribution in [0.15, 0.2) is 22.8 Å². The fraction of sp³-hybridized carbons (Fsp3) is 0.308. The van der Waals surface area contributed by atoms with Gasteiger partial charge in [0.2, 0.25) is 0 Å². The summed E-state index contributed by atoms with van der Waals surface area (Å²) in [4.78, 5) is 16.0. The molecule has 0 unspecified atom stereocenters. The average Bonchev–Trinajstić information content (AvgIpc) is 2.85. The van der Waals surface area contributed by atoms with E-state index in [1.54, 1.807) is 30.4 Å². The Morgan fingerprint density at radius 3 is 2.85 bits per heavy atom. The highest BCUT2D eigenvalue weighted by Crippen LogP contribution is 2.31. The van der Waals surface area contributed by atoms with Gasteiger partial charge in [0.25, 0.3) is 5.69 Å². The lowest BCUT2D eigenvalue weighted by Gasteiger charge is -2.08. The lowest BCUT2D eigenvalue weighted by molar-refractivity contribution is -0.385. The van der Waals surface area contributed by atoms with Crippen molar-refractivity contribution < 1.29 is 4.92 Å². The van der Waals surface area contributed by atoms with Crippen molar-refractivity contribution in [3.05, 3.63) is 48.4 Å². The zero-order valence-corrected chi connectivity index (χ0v) is 13.5. The monoisotopic (exact) mass is 355 g/mol. The average molecular weight is 356 g/mol. The molecule has 1 aromatic carbocycles. The molecule has 2 rings (SSSR count). The zero-order chi connectivity index (χ0) is 14.7. The summed E-state index contributed by atoms with van der Waals surface area (Å²) in [6.45, 7) is 4.40. The maximum atomic E-state index is 11.0. The van der Waals surface area contributed by atoms with Crippen molar-refractivity contribution in [1.82, 2.24) is 4.98 Å². The molecule has 0 aliphatic carbocycles. The molecule has 0 saturated carbocycles. The van der Waals surface area contributed by atoms with Crippen LogP contribution in [0.2, 0.25) is 0 Å². The topological polar surface area (TPSA) is 68.1 Å². The second-order valence-corrected chi connectivity index (χ2v) is 6.36. The fourth-order valence-electron chi connectivity index (χ4n) is 1.77. The molecule has 0 spiro atoms. The van der Waals surface area contributed by atoms with Crippen LogP contribution >= 0.6 is 27.3 Å². The van der Waals surface area contributed by atoms with Crippen LogP contribution < -0.4 is 5.32 Å². The largest absolute Gasteiger partial charge is 0.379 e. The van der Waals surface area contributed by atoms with Gasteiger partial charge in [-0.05, 0) is 35.3 Å². The SMILES string of the molecule is CCc1ncc(CNc2cc([N+](=O)[O-])c(C)cc2Br)s1. The van der Waals surface area contributed by atoms with Crippen LogP contribution in [0.5, 0.6) is 0 Å². The van der Waals surface area contributed by atoms with Crippen LogP contribution in [0.3, 0.4) is 0 Å². The summed E-state index contributed by atoms with van der Waals surface area (Å²) in [5, 5.41) is 15.3. The smallest absolute Gasteiger partial charge is 0.274 e. The first-order valence-corrected chi connectivity index (χ1v) is 7.74. The number of anilines is 1. The summed E-state index contributed by atoms with van der Waals surface area (Å²) >= 11 is 5.07. The Labute approximate surface area is 129 Å². The number of halogens is 1. The van der Waals surface area contributed by atoms with Gasteiger partial charge >= 0.3 is 0 Å². The number of hydrogen-bond acceptors (Lipinski definition) is 5. The Kier molecular flexibility index (Phi) is 4.72. The van der Waals surface area contributed by atoms with E-state index in [1.165, 1.54) is 0 Å². The van der Waals surface area contributed by atoms with Crippen LogP contribution in [0.1, 0.15) is 22.4 Å². The van der Waals surface area contributed by atoms with Gasteiger partial charge in [-0.3, -0.25) is 10.1 Å². The molecule has 0 aliphatic heterocycles. The maximum absolute atomic E-state index is 11.0. The standard InChI is InChI=1S/C13H14BrN3O2S/c1-3-13-16-7-9(20-13)6-15-11-5-12(17(18)19)8(2)4-10(11)14/h4-5,7,15H,3,6H2,1-2H3. The molecule has 1 heterocycles. The number of rotatable bonds is 5. The third-order valence-electron chi connectivity index (χ3n) is 2.84. The van der Waals surface area contributed by atoms with Gasteiger partial charge in [0.1, 0.15) is 0 Å². The molecule has 0 radical (unpaired) electrons. The van der Waals surface area contributed by atoms with Crippen molar-refractivity contribution in [2.24, 2.45) is 0 Å². The Hall–Kier alpha value is -1.47. The van der Waals surface area contributed by atoms with Crippen molar-refractivity contribution in [2.75, 3.05) is 5.32 Å². The minimum atomic E-state index is -0.366. The third kappa shape index (κ3) is 3.34. The highest BCUT2D eigenvalue weighted by atomic mass is 79.9. The molecule has 7 heteroatoms. The normalized spacial score (nSPS) is 10.6. The number of benzene rings is 1. The number of nitrogens with one attached hydrogen (secondary N) is 1. The van der Waals surface area contributed by atoms with E-state index in [2.05, 4.69) is 33.2 Å². The molecule has 106 valence electrons. The molecule has 0 saturated heterocycles. The number of hydrogen-bond donors (Lipinski definition) is 1. The van der Waals surface area contributed by atoms with Gasteiger partial charge < -0.3 is 5.32 Å². The number of aryl methyl sites for hydroxylation is 2. The van der Waals surface area contributed by atoms with Crippen molar-refractivity contribution >= 4 is 38.6 Å². The molecule has 0 aliphatic rings. The maximum Gasteiger partial charge on any atom is 0.274 e. The molecule has 5 nitrogen and oxygen atoms in total. The quantitative estimate of drug-likeness (QED) is 0.641. The van der Waals surface area contributed by atoms with Crippen molar-refractivity contribution in [3.8, 4) is 0 Å². The molecule has 20 heavy (non-hydrogen) atoms. The Morgan fingerprint density at radius 2 is 2.25 bits per heavy atom. The van der Waals surface area contributed by atoms with Crippen molar-refractivity contribution in [2.45, 2.75) is 26.8 Å². The Morgan fingerprint density at radius 1 is 1.50 bits per heavy atom. The summed E-state index contributed by atoms with van der Waals surface area (Å²) in [7, 11) is 0. The van der Waals surface area contributed by atoms with Crippen LogP contribution in [0, 0.1) is 17.0 Å². The van der Waals surface area contributed by atoms with Gasteiger partial charge in [-0.2, -0.15) is 0 Å². The van der Waals surface area contributed by atoms with Gasteiger partial charge in [-0.25, -0.2) is 4.98 Å². The summed E-state index contributed by atoms with van der Waals surface area (Å²) in [5.41, 5.74) is 1.47. The van der Waals surface area contributed by atoms with E-state index in [4.69, 9.17) is 0 Å². The Bertz CT molecular complexity index is 643. The minimum absolute atomic E-state index is 0.120. The van der Waals surface area contributed by atoms with Gasteiger partial charge in [-0.15, -0.1) is 11.3 Å². The molecule has 1 aromatic heterocycles. The molecule has 0 amide bonds. The van der Waals surface area contributed by atoms with Crippen molar-refractivity contribution in [1.29, 1.82) is 0 Å². The van der Waals surface area contributed by atoms with Crippen LogP contribution in [-0.2, 0) is 13.0 Å². The summed E-state index contributed by atoms with van der Waals surface area (Å²) in [6.07, 6.45) is 2.76. The molecular weight excluding hydrogens is 342 g/mol. The second-order valence-electron chi connectivity index (χ2n) is 4.30. The van der Waals surface area contributed by atoms with Gasteiger partial charge in [0.15, 0.2) is 0 Å². The number of nitro groups is 1. The highest BCUT2D eigenvalue weighted by molar-refractivity contribution is 9.10. The number of nitro benzene ring substituents is 1. The summed E-state index contributed by atoms with van der Waals surface area (Å²) < 4.78 is 0.820. The molecule has 0 atom stereocenters. The lowest BCUT2D eigenvalue weighted by atomic mass is 10.2. The van der Waals surface area contributed by atoms with E-state index in [0.717, 1.165) is 20.8 Å². The van der Waals surface area contributed by atoms with E-state index in [0.29, 0.717) is 17.8 Å². The van der Waals surface area contributed by atoms with E-state index >= 15 is 0 Å². The first kappa shape index (κ1) is 14.9. The van der Waals surface area contributed by atoms with E-state index in [1.807, 2.05) is 6.20 Å². The predicted molar refractivity (Wildman–Crippen MR) is 84.4 cm³/mol. The van der Waals surface area contributed by atoms with Crippen LogP contribution in [-0.4, -0.2) is 9.91 Å². The highest BCUT2D eigenvalue weighted by Gasteiger charge is 2.14.